The summed E-state index contributed by atoms with van der Waals surface area (Å²) in [6, 6.07) is 3.74. The van der Waals surface area contributed by atoms with Gasteiger partial charge in [0.15, 0.2) is 0 Å². The van der Waals surface area contributed by atoms with Crippen molar-refractivity contribution in [1.82, 2.24) is 0 Å². The Hall–Kier alpha value is -0.590. The summed E-state index contributed by atoms with van der Waals surface area (Å²) in [6.45, 7) is 2.07. The maximum absolute atomic E-state index is 12.7. The number of rotatable bonds is 4. The molecule has 2 nitrogen and oxygen atoms in total. The average molecular weight is 326 g/mol. The summed E-state index contributed by atoms with van der Waals surface area (Å²) in [5, 5.41) is 10.00. The van der Waals surface area contributed by atoms with Crippen molar-refractivity contribution in [2.45, 2.75) is 25.6 Å². The highest BCUT2D eigenvalue weighted by molar-refractivity contribution is 9.10. The minimum absolute atomic E-state index is 0.0354. The van der Waals surface area contributed by atoms with Crippen LogP contribution in [0.5, 0.6) is 0 Å². The Morgan fingerprint density at radius 2 is 2.00 bits per heavy atom. The monoisotopic (exact) mass is 325 g/mol. The van der Waals surface area contributed by atoms with Crippen molar-refractivity contribution in [3.05, 3.63) is 33.8 Å². The minimum atomic E-state index is -4.45. The second-order valence-corrected chi connectivity index (χ2v) is 4.94. The van der Waals surface area contributed by atoms with Crippen LogP contribution in [0.4, 0.5) is 13.2 Å². The maximum Gasteiger partial charge on any atom is 0.417 e. The zero-order valence-corrected chi connectivity index (χ0v) is 11.4. The maximum atomic E-state index is 12.7. The topological polar surface area (TPSA) is 46.2 Å². The predicted molar refractivity (Wildman–Crippen MR) is 66.9 cm³/mol. The van der Waals surface area contributed by atoms with Crippen molar-refractivity contribution in [2.75, 3.05) is 6.54 Å². The molecule has 1 aromatic carbocycles. The molecule has 0 heterocycles. The fraction of sp³-hybridized carbons (Fsp3) is 0.500. The zero-order chi connectivity index (χ0) is 13.9. The van der Waals surface area contributed by atoms with Gasteiger partial charge in [-0.05, 0) is 30.7 Å². The zero-order valence-electron chi connectivity index (χ0n) is 9.84. The van der Waals surface area contributed by atoms with Crippen molar-refractivity contribution in [3.8, 4) is 0 Å². The summed E-state index contributed by atoms with van der Waals surface area (Å²) in [7, 11) is 0. The van der Waals surface area contributed by atoms with E-state index < -0.39 is 17.8 Å². The number of alkyl halides is 3. The van der Waals surface area contributed by atoms with Gasteiger partial charge in [0.1, 0.15) is 0 Å². The smallest absolute Gasteiger partial charge is 0.388 e. The van der Waals surface area contributed by atoms with Crippen molar-refractivity contribution >= 4 is 15.9 Å². The first kappa shape index (κ1) is 15.5. The Balaban J connectivity index is 3.12. The normalized spacial score (nSPS) is 15.5. The van der Waals surface area contributed by atoms with Gasteiger partial charge in [0.25, 0.3) is 0 Å². The molecule has 0 saturated carbocycles. The quantitative estimate of drug-likeness (QED) is 0.890. The van der Waals surface area contributed by atoms with Gasteiger partial charge in [0, 0.05) is 10.4 Å². The van der Waals surface area contributed by atoms with Crippen molar-refractivity contribution < 1.29 is 18.3 Å². The standard InChI is InChI=1S/C12H15BrF3NO/c1-2-7(6-17)11(18)8-3-4-10(13)9(5-8)12(14,15)16/h3-5,7,11,18H,2,6,17H2,1H3. The van der Waals surface area contributed by atoms with E-state index in [4.69, 9.17) is 5.73 Å². The van der Waals surface area contributed by atoms with Crippen LogP contribution in [0.2, 0.25) is 0 Å². The summed E-state index contributed by atoms with van der Waals surface area (Å²) in [6.07, 6.45) is -4.82. The first-order valence-electron chi connectivity index (χ1n) is 5.56. The number of halogens is 4. The van der Waals surface area contributed by atoms with E-state index in [2.05, 4.69) is 15.9 Å². The molecule has 18 heavy (non-hydrogen) atoms. The second-order valence-electron chi connectivity index (χ2n) is 4.09. The highest BCUT2D eigenvalue weighted by Crippen LogP contribution is 2.37. The molecule has 2 unspecified atom stereocenters. The lowest BCUT2D eigenvalue weighted by molar-refractivity contribution is -0.138. The molecule has 3 N–H and O–H groups in total. The van der Waals surface area contributed by atoms with Crippen LogP contribution in [0.25, 0.3) is 0 Å². The van der Waals surface area contributed by atoms with E-state index in [0.717, 1.165) is 6.07 Å². The lowest BCUT2D eigenvalue weighted by Crippen LogP contribution is -2.21. The Morgan fingerprint density at radius 1 is 1.39 bits per heavy atom. The van der Waals surface area contributed by atoms with Crippen molar-refractivity contribution in [1.29, 1.82) is 0 Å². The number of benzene rings is 1. The molecule has 2 atom stereocenters. The minimum Gasteiger partial charge on any atom is -0.388 e. The molecule has 0 fully saturated rings. The molecule has 0 spiro atoms. The summed E-state index contributed by atoms with van der Waals surface area (Å²) in [5.41, 5.74) is 4.94. The Morgan fingerprint density at radius 3 is 2.44 bits per heavy atom. The van der Waals surface area contributed by atoms with Gasteiger partial charge in [-0.25, -0.2) is 0 Å². The molecule has 102 valence electrons. The number of hydrogen-bond acceptors (Lipinski definition) is 2. The number of aliphatic hydroxyl groups excluding tert-OH is 1. The van der Waals surface area contributed by atoms with Gasteiger partial charge in [-0.1, -0.05) is 28.9 Å². The number of hydrogen-bond donors (Lipinski definition) is 2. The van der Waals surface area contributed by atoms with E-state index in [1.807, 2.05) is 6.92 Å². The van der Waals surface area contributed by atoms with Crippen LogP contribution in [0.1, 0.15) is 30.6 Å². The van der Waals surface area contributed by atoms with E-state index in [1.165, 1.54) is 12.1 Å². The molecule has 0 amide bonds. The molecule has 1 rings (SSSR count). The van der Waals surface area contributed by atoms with Crippen molar-refractivity contribution in [3.63, 3.8) is 0 Å². The van der Waals surface area contributed by atoms with Gasteiger partial charge in [-0.15, -0.1) is 0 Å². The summed E-state index contributed by atoms with van der Waals surface area (Å²) < 4.78 is 38.1. The van der Waals surface area contributed by atoms with Crippen LogP contribution in [-0.4, -0.2) is 11.7 Å². The summed E-state index contributed by atoms with van der Waals surface area (Å²) in [4.78, 5) is 0. The third-order valence-corrected chi connectivity index (χ3v) is 3.60. The van der Waals surface area contributed by atoms with E-state index in [9.17, 15) is 18.3 Å². The van der Waals surface area contributed by atoms with Crippen molar-refractivity contribution in [2.24, 2.45) is 11.7 Å². The largest absolute Gasteiger partial charge is 0.417 e. The van der Waals surface area contributed by atoms with Gasteiger partial charge in [-0.3, -0.25) is 0 Å². The molecule has 0 aromatic heterocycles. The molecule has 0 aliphatic rings. The molecule has 0 aliphatic carbocycles. The predicted octanol–water partition coefficient (Wildman–Crippen LogP) is 3.49. The molecule has 6 heteroatoms. The molecule has 0 saturated heterocycles. The van der Waals surface area contributed by atoms with Gasteiger partial charge >= 0.3 is 6.18 Å². The van der Waals surface area contributed by atoms with E-state index in [-0.39, 0.29) is 22.5 Å². The summed E-state index contributed by atoms with van der Waals surface area (Å²) in [5.74, 6) is -0.243. The van der Waals surface area contributed by atoms with E-state index >= 15 is 0 Å². The van der Waals surface area contributed by atoms with Gasteiger partial charge < -0.3 is 10.8 Å². The number of aliphatic hydroxyl groups is 1. The molecule has 0 aliphatic heterocycles. The van der Waals surface area contributed by atoms with Crippen LogP contribution in [0, 0.1) is 5.92 Å². The fourth-order valence-electron chi connectivity index (χ4n) is 1.74. The van der Waals surface area contributed by atoms with E-state index in [0.29, 0.717) is 6.42 Å². The van der Waals surface area contributed by atoms with Gasteiger partial charge in [0.05, 0.1) is 11.7 Å². The highest BCUT2D eigenvalue weighted by Gasteiger charge is 2.34. The number of nitrogens with two attached hydrogens (primary N) is 1. The van der Waals surface area contributed by atoms with Gasteiger partial charge in [0.2, 0.25) is 0 Å². The lowest BCUT2D eigenvalue weighted by Gasteiger charge is -2.21. The Kier molecular flexibility index (Phi) is 5.19. The molecular weight excluding hydrogens is 311 g/mol. The lowest BCUT2D eigenvalue weighted by atomic mass is 9.92. The van der Waals surface area contributed by atoms with Crippen LogP contribution >= 0.6 is 15.9 Å². The third kappa shape index (κ3) is 3.46. The third-order valence-electron chi connectivity index (χ3n) is 2.91. The Labute approximate surface area is 112 Å². The molecule has 0 radical (unpaired) electrons. The first-order valence-corrected chi connectivity index (χ1v) is 6.35. The summed E-state index contributed by atoms with van der Waals surface area (Å²) >= 11 is 2.86. The van der Waals surface area contributed by atoms with Crippen LogP contribution in [-0.2, 0) is 6.18 Å². The Bertz CT molecular complexity index is 405. The highest BCUT2D eigenvalue weighted by atomic mass is 79.9. The van der Waals surface area contributed by atoms with E-state index in [1.54, 1.807) is 0 Å². The average Bonchev–Trinajstić information content (AvgIpc) is 2.29. The second kappa shape index (κ2) is 6.04. The molecule has 0 bridgehead atoms. The molecular formula is C12H15BrF3NO. The molecule has 1 aromatic rings. The van der Waals surface area contributed by atoms with Crippen LogP contribution in [0.3, 0.4) is 0 Å². The first-order chi connectivity index (χ1) is 8.31. The van der Waals surface area contributed by atoms with Crippen LogP contribution in [0.15, 0.2) is 22.7 Å². The SMILES string of the molecule is CCC(CN)C(O)c1ccc(Br)c(C(F)(F)F)c1. The van der Waals surface area contributed by atoms with Gasteiger partial charge in [-0.2, -0.15) is 13.2 Å². The van der Waals surface area contributed by atoms with Crippen LogP contribution < -0.4 is 5.73 Å². The fourth-order valence-corrected chi connectivity index (χ4v) is 2.21.